The summed E-state index contributed by atoms with van der Waals surface area (Å²) in [5.41, 5.74) is 0. The number of ether oxygens (including phenoxy) is 4. The maximum absolute atomic E-state index is 13.1. The van der Waals surface area contributed by atoms with E-state index in [1.807, 2.05) is 0 Å². The molecule has 0 radical (unpaired) electrons. The number of hydrogen-bond acceptors (Lipinski definition) is 15. The molecule has 3 N–H and O–H groups in total. The normalized spacial score (nSPS) is 14.7. The Balaban J connectivity index is 5.15. The van der Waals surface area contributed by atoms with Crippen molar-refractivity contribution in [2.24, 2.45) is 23.7 Å². The Morgan fingerprint density at radius 3 is 0.740 bits per heavy atom. The van der Waals surface area contributed by atoms with E-state index < -0.39 is 97.5 Å². The third-order valence-electron chi connectivity index (χ3n) is 18.5. The summed E-state index contributed by atoms with van der Waals surface area (Å²) in [6.07, 6.45) is 51.6. The van der Waals surface area contributed by atoms with Crippen LogP contribution in [-0.4, -0.2) is 96.7 Å². The first kappa shape index (κ1) is 94.1. The van der Waals surface area contributed by atoms with Crippen LogP contribution >= 0.6 is 15.6 Å². The third-order valence-corrected chi connectivity index (χ3v) is 20.4. The highest BCUT2D eigenvalue weighted by atomic mass is 31.2. The molecular weight excluding hydrogens is 1260 g/mol. The summed E-state index contributed by atoms with van der Waals surface area (Å²) in [5.74, 6) is 0.934. The van der Waals surface area contributed by atoms with Gasteiger partial charge in [0.15, 0.2) is 12.2 Å². The minimum Gasteiger partial charge on any atom is -0.462 e. The van der Waals surface area contributed by atoms with Crippen molar-refractivity contribution in [1.29, 1.82) is 0 Å². The predicted molar refractivity (Wildman–Crippen MR) is 391 cm³/mol. The van der Waals surface area contributed by atoms with E-state index in [1.165, 1.54) is 180 Å². The van der Waals surface area contributed by atoms with Crippen LogP contribution in [0.3, 0.4) is 0 Å². The molecule has 0 aromatic rings. The van der Waals surface area contributed by atoms with Gasteiger partial charge in [-0.3, -0.25) is 37.3 Å². The average Bonchev–Trinajstić information content (AvgIpc) is 1.11. The van der Waals surface area contributed by atoms with Crippen molar-refractivity contribution in [2.75, 3.05) is 39.6 Å². The predicted octanol–water partition coefficient (Wildman–Crippen LogP) is 22.4. The molecule has 0 aromatic heterocycles. The van der Waals surface area contributed by atoms with Gasteiger partial charge in [-0.2, -0.15) is 0 Å². The van der Waals surface area contributed by atoms with Crippen LogP contribution in [0.15, 0.2) is 0 Å². The van der Waals surface area contributed by atoms with E-state index in [1.54, 1.807) is 0 Å². The van der Waals surface area contributed by atoms with Gasteiger partial charge in [0.25, 0.3) is 0 Å². The minimum atomic E-state index is -4.96. The molecule has 0 amide bonds. The first-order chi connectivity index (χ1) is 46.2. The van der Waals surface area contributed by atoms with Gasteiger partial charge >= 0.3 is 39.5 Å². The van der Waals surface area contributed by atoms with E-state index in [0.29, 0.717) is 31.6 Å². The maximum Gasteiger partial charge on any atom is 0.472 e. The fourth-order valence-electron chi connectivity index (χ4n) is 11.7. The SMILES string of the molecule is CCC(C)CCCCCCCCCCCCCCCCCCCCC(=O)O[C@H](COC(=O)CCCCCCCCC(C)C)COP(=O)(O)OC[C@H](O)COP(=O)(O)OC[C@@H](COC(=O)CCCCCCCCC(C)CC)OC(=O)CCCCCCCCCCCCCCC(C)C. The van der Waals surface area contributed by atoms with Crippen LogP contribution < -0.4 is 0 Å². The van der Waals surface area contributed by atoms with Gasteiger partial charge in [0.2, 0.25) is 0 Å². The zero-order valence-corrected chi connectivity index (χ0v) is 64.8. The molecule has 0 aliphatic rings. The molecule has 96 heavy (non-hydrogen) atoms. The summed E-state index contributed by atoms with van der Waals surface area (Å²) < 4.78 is 68.5. The van der Waals surface area contributed by atoms with E-state index in [4.69, 9.17) is 37.0 Å². The standard InChI is InChI=1S/C77H150O17P2/c1-9-69(7)55-47-39-30-26-22-17-15-13-11-12-14-16-18-23-27-31-43-51-59-76(81)93-72(63-87-74(79)57-49-41-35-33-38-46-54-68(5)6)65-91-95(83,84)89-61-71(78)62-90-96(85,86)92-66-73(64-88-75(80)58-50-42-36-34-40-48-56-70(8)10-2)94-77(82)60-52-44-32-28-24-20-19-21-25-29-37-45-53-67(3)4/h67-73,78H,9-66H2,1-8H3,(H,83,84)(H,85,86)/t69?,70?,71-,72+,73+/m0/s1. The second-order valence-corrected chi connectivity index (χ2v) is 32.1. The lowest BCUT2D eigenvalue weighted by molar-refractivity contribution is -0.161. The molecule has 570 valence electrons. The lowest BCUT2D eigenvalue weighted by atomic mass is 9.99. The number of rotatable bonds is 74. The average molecular weight is 1410 g/mol. The number of phosphoric acid groups is 2. The second kappa shape index (κ2) is 66.3. The fraction of sp³-hybridized carbons (Fsp3) is 0.948. The van der Waals surface area contributed by atoms with Crippen LogP contribution in [-0.2, 0) is 65.4 Å². The van der Waals surface area contributed by atoms with Crippen molar-refractivity contribution >= 4 is 39.5 Å². The van der Waals surface area contributed by atoms with Crippen LogP contribution in [0, 0.1) is 23.7 Å². The van der Waals surface area contributed by atoms with E-state index in [-0.39, 0.29) is 25.7 Å². The lowest BCUT2D eigenvalue weighted by Crippen LogP contribution is -2.30. The number of carbonyl (C=O) groups excluding carboxylic acids is 4. The van der Waals surface area contributed by atoms with Crippen LogP contribution in [0.2, 0.25) is 0 Å². The number of carbonyl (C=O) groups is 4. The minimum absolute atomic E-state index is 0.105. The fourth-order valence-corrected chi connectivity index (χ4v) is 13.2. The van der Waals surface area contributed by atoms with Gasteiger partial charge in [-0.1, -0.05) is 338 Å². The second-order valence-electron chi connectivity index (χ2n) is 29.2. The Bertz CT molecular complexity index is 1890. The van der Waals surface area contributed by atoms with Crippen molar-refractivity contribution in [1.82, 2.24) is 0 Å². The van der Waals surface area contributed by atoms with Crippen molar-refractivity contribution in [2.45, 2.75) is 408 Å². The smallest absolute Gasteiger partial charge is 0.462 e. The largest absolute Gasteiger partial charge is 0.472 e. The van der Waals surface area contributed by atoms with Crippen molar-refractivity contribution in [3.05, 3.63) is 0 Å². The quantitative estimate of drug-likeness (QED) is 0.0222. The van der Waals surface area contributed by atoms with Crippen molar-refractivity contribution in [3.8, 4) is 0 Å². The molecule has 0 aliphatic heterocycles. The van der Waals surface area contributed by atoms with Gasteiger partial charge in [0, 0.05) is 25.7 Å². The number of phosphoric ester groups is 2. The highest BCUT2D eigenvalue weighted by Gasteiger charge is 2.30. The summed E-state index contributed by atoms with van der Waals surface area (Å²) in [4.78, 5) is 72.7. The number of hydrogen-bond donors (Lipinski definition) is 3. The summed E-state index contributed by atoms with van der Waals surface area (Å²) in [5, 5.41) is 10.6. The number of aliphatic hydroxyl groups excluding tert-OH is 1. The van der Waals surface area contributed by atoms with Crippen molar-refractivity contribution < 1.29 is 80.2 Å². The van der Waals surface area contributed by atoms with Gasteiger partial charge < -0.3 is 33.8 Å². The summed E-state index contributed by atoms with van der Waals surface area (Å²) in [6, 6.07) is 0. The Morgan fingerprint density at radius 2 is 0.500 bits per heavy atom. The Morgan fingerprint density at radius 1 is 0.292 bits per heavy atom. The van der Waals surface area contributed by atoms with Gasteiger partial charge in [-0.25, -0.2) is 9.13 Å². The Labute approximate surface area is 588 Å². The zero-order valence-electron chi connectivity index (χ0n) is 63.0. The lowest BCUT2D eigenvalue weighted by Gasteiger charge is -2.21. The van der Waals surface area contributed by atoms with E-state index in [2.05, 4.69) is 55.4 Å². The molecule has 17 nitrogen and oxygen atoms in total. The van der Waals surface area contributed by atoms with E-state index in [9.17, 15) is 43.2 Å². The first-order valence-corrected chi connectivity index (χ1v) is 42.8. The molecule has 0 saturated carbocycles. The molecule has 4 unspecified atom stereocenters. The molecule has 0 heterocycles. The summed E-state index contributed by atoms with van der Waals surface area (Å²) in [7, 11) is -9.91. The molecule has 0 fully saturated rings. The van der Waals surface area contributed by atoms with Crippen LogP contribution in [0.25, 0.3) is 0 Å². The van der Waals surface area contributed by atoms with Gasteiger partial charge in [0.1, 0.15) is 19.3 Å². The van der Waals surface area contributed by atoms with Gasteiger partial charge in [-0.15, -0.1) is 0 Å². The molecule has 0 saturated heterocycles. The monoisotopic (exact) mass is 1410 g/mol. The molecule has 19 heteroatoms. The highest BCUT2D eigenvalue weighted by molar-refractivity contribution is 7.47. The molecular formula is C77H150O17P2. The zero-order chi connectivity index (χ0) is 71.0. The molecule has 0 aromatic carbocycles. The van der Waals surface area contributed by atoms with Crippen LogP contribution in [0.5, 0.6) is 0 Å². The first-order valence-electron chi connectivity index (χ1n) is 39.8. The van der Waals surface area contributed by atoms with E-state index in [0.717, 1.165) is 120 Å². The van der Waals surface area contributed by atoms with E-state index >= 15 is 0 Å². The molecule has 0 bridgehead atoms. The molecule has 0 rings (SSSR count). The summed E-state index contributed by atoms with van der Waals surface area (Å²) in [6.45, 7) is 14.2. The molecule has 0 spiro atoms. The Kier molecular flexibility index (Phi) is 65.0. The summed E-state index contributed by atoms with van der Waals surface area (Å²) >= 11 is 0. The number of unbranched alkanes of at least 4 members (excludes halogenated alkanes) is 38. The van der Waals surface area contributed by atoms with Crippen molar-refractivity contribution in [3.63, 3.8) is 0 Å². The maximum atomic E-state index is 13.1. The topological polar surface area (TPSA) is 237 Å². The molecule has 0 aliphatic carbocycles. The van der Waals surface area contributed by atoms with Crippen LogP contribution in [0.1, 0.15) is 389 Å². The Hall–Kier alpha value is -1.94. The number of esters is 4. The van der Waals surface area contributed by atoms with Gasteiger partial charge in [-0.05, 0) is 49.4 Å². The third kappa shape index (κ3) is 67.9. The number of aliphatic hydroxyl groups is 1. The van der Waals surface area contributed by atoms with Crippen LogP contribution in [0.4, 0.5) is 0 Å². The molecule has 7 atom stereocenters. The van der Waals surface area contributed by atoms with Gasteiger partial charge in [0.05, 0.1) is 26.4 Å². The highest BCUT2D eigenvalue weighted by Crippen LogP contribution is 2.45.